The lowest BCUT2D eigenvalue weighted by molar-refractivity contribution is 0.267. The van der Waals surface area contributed by atoms with Gasteiger partial charge in [0.15, 0.2) is 0 Å². The first-order chi connectivity index (χ1) is 8.78. The standard InChI is InChI=1S/C15H20N2S/c1-13-4-6-14(7-5-13)11-17(9-8-16)12-15-3-2-10-18-15/h2-7,10H,8-9,11-12,16H2,1H3. The van der Waals surface area contributed by atoms with Gasteiger partial charge in [0.25, 0.3) is 0 Å². The SMILES string of the molecule is Cc1ccc(CN(CCN)Cc2cccs2)cc1. The molecule has 2 nitrogen and oxygen atoms in total. The molecule has 0 unspecified atom stereocenters. The molecule has 0 aliphatic carbocycles. The Hall–Kier alpha value is -1.16. The molecule has 3 heteroatoms. The van der Waals surface area contributed by atoms with Crippen LogP contribution in [0.3, 0.4) is 0 Å². The maximum Gasteiger partial charge on any atom is 0.0331 e. The van der Waals surface area contributed by atoms with Crippen molar-refractivity contribution < 1.29 is 0 Å². The Morgan fingerprint density at radius 2 is 1.89 bits per heavy atom. The Morgan fingerprint density at radius 3 is 2.50 bits per heavy atom. The van der Waals surface area contributed by atoms with Gasteiger partial charge in [-0.25, -0.2) is 0 Å². The molecule has 96 valence electrons. The molecule has 2 N–H and O–H groups in total. The molecule has 0 aliphatic rings. The van der Waals surface area contributed by atoms with Crippen molar-refractivity contribution in [2.75, 3.05) is 13.1 Å². The van der Waals surface area contributed by atoms with Crippen molar-refractivity contribution >= 4 is 11.3 Å². The van der Waals surface area contributed by atoms with E-state index in [1.54, 1.807) is 0 Å². The zero-order valence-electron chi connectivity index (χ0n) is 10.8. The lowest BCUT2D eigenvalue weighted by atomic mass is 10.1. The van der Waals surface area contributed by atoms with Crippen LogP contribution in [-0.2, 0) is 13.1 Å². The second kappa shape index (κ2) is 6.69. The van der Waals surface area contributed by atoms with E-state index >= 15 is 0 Å². The lowest BCUT2D eigenvalue weighted by Crippen LogP contribution is -2.28. The summed E-state index contributed by atoms with van der Waals surface area (Å²) >= 11 is 1.81. The zero-order valence-corrected chi connectivity index (χ0v) is 11.6. The monoisotopic (exact) mass is 260 g/mol. The fraction of sp³-hybridized carbons (Fsp3) is 0.333. The largest absolute Gasteiger partial charge is 0.329 e. The maximum absolute atomic E-state index is 5.70. The van der Waals surface area contributed by atoms with Crippen LogP contribution in [0.15, 0.2) is 41.8 Å². The average molecular weight is 260 g/mol. The Morgan fingerprint density at radius 1 is 1.11 bits per heavy atom. The molecule has 1 heterocycles. The molecule has 2 rings (SSSR count). The van der Waals surface area contributed by atoms with E-state index in [1.165, 1.54) is 16.0 Å². The van der Waals surface area contributed by atoms with Gasteiger partial charge in [-0.05, 0) is 23.9 Å². The van der Waals surface area contributed by atoms with Crippen molar-refractivity contribution in [3.63, 3.8) is 0 Å². The molecule has 0 fully saturated rings. The van der Waals surface area contributed by atoms with Crippen molar-refractivity contribution in [3.05, 3.63) is 57.8 Å². The van der Waals surface area contributed by atoms with Gasteiger partial charge in [-0.1, -0.05) is 35.9 Å². The number of nitrogens with zero attached hydrogens (tertiary/aromatic N) is 1. The van der Waals surface area contributed by atoms with E-state index < -0.39 is 0 Å². The molecule has 18 heavy (non-hydrogen) atoms. The summed E-state index contributed by atoms with van der Waals surface area (Å²) in [5.41, 5.74) is 8.36. The van der Waals surface area contributed by atoms with Crippen molar-refractivity contribution in [2.24, 2.45) is 5.73 Å². The fourth-order valence-corrected chi connectivity index (χ4v) is 2.72. The maximum atomic E-state index is 5.70. The Kier molecular flexibility index (Phi) is 4.93. The molecule has 1 aromatic heterocycles. The molecule has 0 spiro atoms. The smallest absolute Gasteiger partial charge is 0.0331 e. The molecule has 0 amide bonds. The highest BCUT2D eigenvalue weighted by atomic mass is 32.1. The van der Waals surface area contributed by atoms with Gasteiger partial charge in [0.1, 0.15) is 0 Å². The number of rotatable bonds is 6. The molecule has 0 aliphatic heterocycles. The van der Waals surface area contributed by atoms with Crippen LogP contribution in [-0.4, -0.2) is 18.0 Å². The third-order valence-electron chi connectivity index (χ3n) is 2.93. The Balaban J connectivity index is 1.99. The lowest BCUT2D eigenvalue weighted by Gasteiger charge is -2.21. The summed E-state index contributed by atoms with van der Waals surface area (Å²) in [5, 5.41) is 2.13. The number of benzene rings is 1. The van der Waals surface area contributed by atoms with E-state index in [2.05, 4.69) is 53.6 Å². The number of hydrogen-bond acceptors (Lipinski definition) is 3. The minimum Gasteiger partial charge on any atom is -0.329 e. The predicted molar refractivity (Wildman–Crippen MR) is 78.7 cm³/mol. The fourth-order valence-electron chi connectivity index (χ4n) is 1.97. The van der Waals surface area contributed by atoms with Gasteiger partial charge in [0.2, 0.25) is 0 Å². The van der Waals surface area contributed by atoms with Gasteiger partial charge in [0, 0.05) is 31.1 Å². The van der Waals surface area contributed by atoms with Crippen molar-refractivity contribution in [2.45, 2.75) is 20.0 Å². The van der Waals surface area contributed by atoms with Gasteiger partial charge in [-0.15, -0.1) is 11.3 Å². The van der Waals surface area contributed by atoms with Crippen LogP contribution in [0.4, 0.5) is 0 Å². The minimum absolute atomic E-state index is 0.706. The van der Waals surface area contributed by atoms with Crippen LogP contribution < -0.4 is 5.73 Å². The van der Waals surface area contributed by atoms with Crippen molar-refractivity contribution in [1.29, 1.82) is 0 Å². The number of thiophene rings is 1. The van der Waals surface area contributed by atoms with Gasteiger partial charge >= 0.3 is 0 Å². The first kappa shape index (κ1) is 13.3. The van der Waals surface area contributed by atoms with Gasteiger partial charge in [0.05, 0.1) is 0 Å². The minimum atomic E-state index is 0.706. The van der Waals surface area contributed by atoms with Crippen LogP contribution in [0.2, 0.25) is 0 Å². The molecular formula is C15H20N2S. The summed E-state index contributed by atoms with van der Waals surface area (Å²) in [7, 11) is 0. The molecule has 0 saturated heterocycles. The first-order valence-corrected chi connectivity index (χ1v) is 7.16. The van der Waals surface area contributed by atoms with E-state index in [0.29, 0.717) is 6.54 Å². The predicted octanol–water partition coefficient (Wildman–Crippen LogP) is 3.02. The average Bonchev–Trinajstić information content (AvgIpc) is 2.85. The number of aryl methyl sites for hydroxylation is 1. The Labute approximate surface area is 113 Å². The second-order valence-corrected chi connectivity index (χ2v) is 5.60. The Bertz CT molecular complexity index is 448. The van der Waals surface area contributed by atoms with Crippen LogP contribution >= 0.6 is 11.3 Å². The zero-order chi connectivity index (χ0) is 12.8. The van der Waals surface area contributed by atoms with Gasteiger partial charge < -0.3 is 5.73 Å². The molecular weight excluding hydrogens is 240 g/mol. The van der Waals surface area contributed by atoms with Crippen molar-refractivity contribution in [1.82, 2.24) is 4.90 Å². The normalized spacial score (nSPS) is 11.1. The molecule has 0 saturated carbocycles. The first-order valence-electron chi connectivity index (χ1n) is 6.28. The van der Waals surface area contributed by atoms with E-state index in [1.807, 2.05) is 11.3 Å². The van der Waals surface area contributed by atoms with Crippen LogP contribution in [0.5, 0.6) is 0 Å². The van der Waals surface area contributed by atoms with E-state index in [9.17, 15) is 0 Å². The highest BCUT2D eigenvalue weighted by molar-refractivity contribution is 7.09. The highest BCUT2D eigenvalue weighted by Crippen LogP contribution is 2.14. The molecule has 0 bridgehead atoms. The summed E-state index contributed by atoms with van der Waals surface area (Å²) in [5.74, 6) is 0. The molecule has 2 aromatic rings. The van der Waals surface area contributed by atoms with Gasteiger partial charge in [-0.3, -0.25) is 4.90 Å². The molecule has 1 aromatic carbocycles. The summed E-state index contributed by atoms with van der Waals surface area (Å²) < 4.78 is 0. The molecule has 0 atom stereocenters. The topological polar surface area (TPSA) is 29.3 Å². The summed E-state index contributed by atoms with van der Waals surface area (Å²) in [6.45, 7) is 5.72. The third-order valence-corrected chi connectivity index (χ3v) is 3.79. The van der Waals surface area contributed by atoms with E-state index in [-0.39, 0.29) is 0 Å². The summed E-state index contributed by atoms with van der Waals surface area (Å²) in [6, 6.07) is 13.0. The quantitative estimate of drug-likeness (QED) is 0.865. The third kappa shape index (κ3) is 3.95. The van der Waals surface area contributed by atoms with Crippen LogP contribution in [0.1, 0.15) is 16.0 Å². The summed E-state index contributed by atoms with van der Waals surface area (Å²) in [6.07, 6.45) is 0. The highest BCUT2D eigenvalue weighted by Gasteiger charge is 2.06. The van der Waals surface area contributed by atoms with Gasteiger partial charge in [-0.2, -0.15) is 0 Å². The number of nitrogens with two attached hydrogens (primary N) is 1. The van der Waals surface area contributed by atoms with E-state index in [4.69, 9.17) is 5.73 Å². The number of hydrogen-bond donors (Lipinski definition) is 1. The molecule has 0 radical (unpaired) electrons. The van der Waals surface area contributed by atoms with Crippen molar-refractivity contribution in [3.8, 4) is 0 Å². The second-order valence-electron chi connectivity index (χ2n) is 4.56. The van der Waals surface area contributed by atoms with Crippen LogP contribution in [0.25, 0.3) is 0 Å². The van der Waals surface area contributed by atoms with Crippen LogP contribution in [0, 0.1) is 6.92 Å². The van der Waals surface area contributed by atoms with E-state index in [0.717, 1.165) is 19.6 Å². The summed E-state index contributed by atoms with van der Waals surface area (Å²) in [4.78, 5) is 3.80.